The standard InChI is InChI=1S/C17H12F3N3/c1-10-3-4-12(7-11(10)2)16-14(8-21)23-9-13(17(18,19)20)5-6-15(23)22-16/h3-7,9H,1-2H3. The van der Waals surface area contributed by atoms with E-state index in [-0.39, 0.29) is 5.69 Å². The first-order valence-electron chi connectivity index (χ1n) is 6.88. The van der Waals surface area contributed by atoms with Crippen LogP contribution in [0.2, 0.25) is 0 Å². The molecule has 0 fully saturated rings. The number of rotatable bonds is 1. The number of benzene rings is 1. The number of aromatic nitrogens is 2. The Morgan fingerprint density at radius 3 is 2.43 bits per heavy atom. The summed E-state index contributed by atoms with van der Waals surface area (Å²) < 4.78 is 39.8. The zero-order chi connectivity index (χ0) is 16.8. The Balaban J connectivity index is 2.26. The van der Waals surface area contributed by atoms with Crippen LogP contribution in [0.1, 0.15) is 22.4 Å². The van der Waals surface area contributed by atoms with Crippen molar-refractivity contribution in [3.05, 3.63) is 58.9 Å². The molecule has 3 rings (SSSR count). The van der Waals surface area contributed by atoms with E-state index in [4.69, 9.17) is 0 Å². The van der Waals surface area contributed by atoms with Crippen LogP contribution in [0.15, 0.2) is 36.5 Å². The van der Waals surface area contributed by atoms with Crippen LogP contribution in [0.4, 0.5) is 13.2 Å². The molecule has 3 nitrogen and oxygen atoms in total. The quantitative estimate of drug-likeness (QED) is 0.663. The van der Waals surface area contributed by atoms with E-state index in [9.17, 15) is 18.4 Å². The maximum atomic E-state index is 12.9. The van der Waals surface area contributed by atoms with Gasteiger partial charge < -0.3 is 0 Å². The Morgan fingerprint density at radius 1 is 1.09 bits per heavy atom. The molecule has 0 N–H and O–H groups in total. The van der Waals surface area contributed by atoms with Crippen molar-refractivity contribution in [3.8, 4) is 17.3 Å². The Kier molecular flexibility index (Phi) is 3.37. The number of pyridine rings is 1. The minimum atomic E-state index is -4.47. The number of hydrogen-bond acceptors (Lipinski definition) is 2. The first-order valence-corrected chi connectivity index (χ1v) is 6.88. The Labute approximate surface area is 130 Å². The van der Waals surface area contributed by atoms with Gasteiger partial charge in [0.05, 0.1) is 5.56 Å². The third kappa shape index (κ3) is 2.55. The number of nitrogens with zero attached hydrogens (tertiary/aromatic N) is 3. The van der Waals surface area contributed by atoms with Crippen molar-refractivity contribution in [2.75, 3.05) is 0 Å². The van der Waals surface area contributed by atoms with E-state index in [1.54, 1.807) is 0 Å². The largest absolute Gasteiger partial charge is 0.417 e. The van der Waals surface area contributed by atoms with Crippen LogP contribution in [-0.4, -0.2) is 9.38 Å². The lowest BCUT2D eigenvalue weighted by atomic mass is 10.0. The number of halogens is 3. The number of nitriles is 1. The molecule has 0 bridgehead atoms. The first kappa shape index (κ1) is 15.1. The molecule has 0 aliphatic heterocycles. The van der Waals surface area contributed by atoms with Crippen LogP contribution in [0.25, 0.3) is 16.9 Å². The molecular formula is C17H12F3N3. The van der Waals surface area contributed by atoms with Crippen LogP contribution in [-0.2, 0) is 6.18 Å². The van der Waals surface area contributed by atoms with E-state index in [0.717, 1.165) is 23.4 Å². The van der Waals surface area contributed by atoms with Gasteiger partial charge >= 0.3 is 6.18 Å². The first-order chi connectivity index (χ1) is 10.8. The summed E-state index contributed by atoms with van der Waals surface area (Å²) >= 11 is 0. The summed E-state index contributed by atoms with van der Waals surface area (Å²) in [4.78, 5) is 4.32. The Hall–Kier alpha value is -2.81. The van der Waals surface area contributed by atoms with Gasteiger partial charge in [-0.25, -0.2) is 4.98 Å². The Morgan fingerprint density at radius 2 is 1.83 bits per heavy atom. The second-order valence-corrected chi connectivity index (χ2v) is 5.36. The number of fused-ring (bicyclic) bond motifs is 1. The van der Waals surface area contributed by atoms with Crippen molar-refractivity contribution < 1.29 is 13.2 Å². The summed E-state index contributed by atoms with van der Waals surface area (Å²) in [5.74, 6) is 0. The van der Waals surface area contributed by atoms with Crippen molar-refractivity contribution in [2.45, 2.75) is 20.0 Å². The van der Waals surface area contributed by atoms with E-state index in [1.807, 2.05) is 38.1 Å². The molecule has 0 saturated heterocycles. The van der Waals surface area contributed by atoms with E-state index in [2.05, 4.69) is 4.98 Å². The molecule has 0 spiro atoms. The van der Waals surface area contributed by atoms with Gasteiger partial charge in [-0.05, 0) is 43.2 Å². The molecular weight excluding hydrogens is 303 g/mol. The van der Waals surface area contributed by atoms with E-state index < -0.39 is 11.7 Å². The summed E-state index contributed by atoms with van der Waals surface area (Å²) in [5, 5.41) is 9.39. The fourth-order valence-electron chi connectivity index (χ4n) is 2.41. The maximum Gasteiger partial charge on any atom is 0.417 e. The lowest BCUT2D eigenvalue weighted by molar-refractivity contribution is -0.137. The van der Waals surface area contributed by atoms with Gasteiger partial charge in [0.15, 0.2) is 5.69 Å². The van der Waals surface area contributed by atoms with Crippen molar-refractivity contribution in [2.24, 2.45) is 0 Å². The molecule has 0 aliphatic carbocycles. The third-order valence-corrected chi connectivity index (χ3v) is 3.83. The van der Waals surface area contributed by atoms with E-state index in [1.165, 1.54) is 10.5 Å². The lowest BCUT2D eigenvalue weighted by Crippen LogP contribution is -2.06. The predicted octanol–water partition coefficient (Wildman–Crippen LogP) is 4.51. The van der Waals surface area contributed by atoms with Crippen LogP contribution in [0.3, 0.4) is 0 Å². The summed E-state index contributed by atoms with van der Waals surface area (Å²) in [5.41, 5.74) is 2.80. The normalized spacial score (nSPS) is 11.7. The number of alkyl halides is 3. The number of aryl methyl sites for hydroxylation is 2. The fraction of sp³-hybridized carbons (Fsp3) is 0.176. The highest BCUT2D eigenvalue weighted by Crippen LogP contribution is 2.31. The van der Waals surface area contributed by atoms with Gasteiger partial charge in [-0.15, -0.1) is 0 Å². The molecule has 116 valence electrons. The van der Waals surface area contributed by atoms with Crippen LogP contribution < -0.4 is 0 Å². The van der Waals surface area contributed by atoms with Gasteiger partial charge in [0.1, 0.15) is 17.4 Å². The monoisotopic (exact) mass is 315 g/mol. The minimum Gasteiger partial charge on any atom is -0.290 e. The zero-order valence-electron chi connectivity index (χ0n) is 12.4. The third-order valence-electron chi connectivity index (χ3n) is 3.83. The molecule has 23 heavy (non-hydrogen) atoms. The van der Waals surface area contributed by atoms with Gasteiger partial charge in [-0.3, -0.25) is 4.40 Å². The van der Waals surface area contributed by atoms with Crippen molar-refractivity contribution in [1.82, 2.24) is 9.38 Å². The Bertz CT molecular complexity index is 946. The molecule has 0 aliphatic rings. The topological polar surface area (TPSA) is 41.1 Å². The van der Waals surface area contributed by atoms with Gasteiger partial charge in [0.25, 0.3) is 0 Å². The van der Waals surface area contributed by atoms with E-state index >= 15 is 0 Å². The molecule has 6 heteroatoms. The SMILES string of the molecule is Cc1ccc(-c2nc3ccc(C(F)(F)F)cn3c2C#N)cc1C. The van der Waals surface area contributed by atoms with Crippen molar-refractivity contribution >= 4 is 5.65 Å². The van der Waals surface area contributed by atoms with Gasteiger partial charge in [-0.2, -0.15) is 18.4 Å². The lowest BCUT2D eigenvalue weighted by Gasteiger charge is -2.06. The van der Waals surface area contributed by atoms with Crippen molar-refractivity contribution in [1.29, 1.82) is 5.26 Å². The highest BCUT2D eigenvalue weighted by molar-refractivity contribution is 5.70. The van der Waals surface area contributed by atoms with Crippen LogP contribution in [0.5, 0.6) is 0 Å². The predicted molar refractivity (Wildman–Crippen MR) is 79.8 cm³/mol. The average molecular weight is 315 g/mol. The molecule has 0 radical (unpaired) electrons. The minimum absolute atomic E-state index is 0.0920. The molecule has 3 aromatic rings. The summed E-state index contributed by atoms with van der Waals surface area (Å²) in [7, 11) is 0. The van der Waals surface area contributed by atoms with E-state index in [0.29, 0.717) is 16.9 Å². The van der Waals surface area contributed by atoms with Crippen LogP contribution >= 0.6 is 0 Å². The molecule has 0 saturated carbocycles. The molecule has 0 unspecified atom stereocenters. The van der Waals surface area contributed by atoms with Gasteiger partial charge in [-0.1, -0.05) is 12.1 Å². The molecule has 0 atom stereocenters. The second kappa shape index (κ2) is 5.13. The molecule has 2 aromatic heterocycles. The van der Waals surface area contributed by atoms with Crippen molar-refractivity contribution in [3.63, 3.8) is 0 Å². The highest BCUT2D eigenvalue weighted by Gasteiger charge is 2.31. The number of imidazole rings is 1. The summed E-state index contributed by atoms with van der Waals surface area (Å²) in [6.07, 6.45) is -3.56. The smallest absolute Gasteiger partial charge is 0.290 e. The second-order valence-electron chi connectivity index (χ2n) is 5.36. The van der Waals surface area contributed by atoms with Gasteiger partial charge in [0, 0.05) is 11.8 Å². The zero-order valence-corrected chi connectivity index (χ0v) is 12.4. The molecule has 1 aromatic carbocycles. The molecule has 2 heterocycles. The molecule has 0 amide bonds. The average Bonchev–Trinajstić information content (AvgIpc) is 2.86. The fourth-order valence-corrected chi connectivity index (χ4v) is 2.41. The summed E-state index contributed by atoms with van der Waals surface area (Å²) in [6.45, 7) is 3.89. The maximum absolute atomic E-state index is 12.9. The van der Waals surface area contributed by atoms with Crippen LogP contribution in [0, 0.1) is 25.2 Å². The highest BCUT2D eigenvalue weighted by atomic mass is 19.4. The number of hydrogen-bond donors (Lipinski definition) is 0. The summed E-state index contributed by atoms with van der Waals surface area (Å²) in [6, 6.07) is 9.79. The van der Waals surface area contributed by atoms with Gasteiger partial charge in [0.2, 0.25) is 0 Å².